The lowest BCUT2D eigenvalue weighted by atomic mass is 9.88. The fourth-order valence-electron chi connectivity index (χ4n) is 4.28. The molecule has 0 spiro atoms. The van der Waals surface area contributed by atoms with Crippen LogP contribution in [0.5, 0.6) is 5.75 Å². The van der Waals surface area contributed by atoms with E-state index in [-0.39, 0.29) is 23.9 Å². The van der Waals surface area contributed by atoms with Crippen LogP contribution in [0.2, 0.25) is 0 Å². The number of urea groups is 1. The van der Waals surface area contributed by atoms with Crippen LogP contribution in [0, 0.1) is 5.92 Å². The van der Waals surface area contributed by atoms with Crippen molar-refractivity contribution in [1.82, 2.24) is 15.5 Å². The first-order valence-corrected chi connectivity index (χ1v) is 11.6. The molecule has 6 nitrogen and oxygen atoms in total. The molecule has 1 saturated heterocycles. The molecular formula is C26H35N3O3. The third-order valence-electron chi connectivity index (χ3n) is 6.09. The summed E-state index contributed by atoms with van der Waals surface area (Å²) in [5.41, 5.74) is 2.19. The predicted molar refractivity (Wildman–Crippen MR) is 127 cm³/mol. The van der Waals surface area contributed by atoms with Crippen LogP contribution in [0.1, 0.15) is 49.8 Å². The molecule has 2 aromatic rings. The Kier molecular flexibility index (Phi) is 8.96. The van der Waals surface area contributed by atoms with Crippen LogP contribution >= 0.6 is 0 Å². The number of nitrogens with one attached hydrogen (secondary N) is 2. The van der Waals surface area contributed by atoms with Crippen LogP contribution in [0.4, 0.5) is 4.79 Å². The molecule has 6 heteroatoms. The Morgan fingerprint density at radius 2 is 1.75 bits per heavy atom. The molecule has 172 valence electrons. The number of hydrogen-bond donors (Lipinski definition) is 2. The van der Waals surface area contributed by atoms with E-state index in [2.05, 4.69) is 29.7 Å². The van der Waals surface area contributed by atoms with E-state index in [0.717, 1.165) is 42.6 Å². The third-order valence-corrected chi connectivity index (χ3v) is 6.09. The molecule has 2 aromatic carbocycles. The molecule has 0 radical (unpaired) electrons. The van der Waals surface area contributed by atoms with Gasteiger partial charge in [-0.2, -0.15) is 0 Å². The van der Waals surface area contributed by atoms with Crippen molar-refractivity contribution in [2.75, 3.05) is 26.7 Å². The predicted octanol–water partition coefficient (Wildman–Crippen LogP) is 4.32. The quantitative estimate of drug-likeness (QED) is 0.574. The van der Waals surface area contributed by atoms with E-state index in [0.29, 0.717) is 26.1 Å². The van der Waals surface area contributed by atoms with E-state index in [1.807, 2.05) is 47.4 Å². The molecule has 32 heavy (non-hydrogen) atoms. The number of nitrogens with zero attached hydrogens (tertiary/aromatic N) is 1. The monoisotopic (exact) mass is 437 g/mol. The van der Waals surface area contributed by atoms with Gasteiger partial charge in [0.25, 0.3) is 0 Å². The number of likely N-dealkylation sites (tertiary alicyclic amines) is 1. The number of carbonyl (C=O) groups is 2. The normalized spacial score (nSPS) is 18.1. The molecule has 0 aliphatic carbocycles. The van der Waals surface area contributed by atoms with Gasteiger partial charge in [0.15, 0.2) is 0 Å². The maximum atomic E-state index is 13.0. The summed E-state index contributed by atoms with van der Waals surface area (Å²) in [5.74, 6) is 0.641. The summed E-state index contributed by atoms with van der Waals surface area (Å²) in [5, 5.41) is 6.10. The van der Waals surface area contributed by atoms with E-state index in [1.165, 1.54) is 0 Å². The van der Waals surface area contributed by atoms with Crippen LogP contribution in [-0.4, -0.2) is 43.6 Å². The van der Waals surface area contributed by atoms with Gasteiger partial charge in [-0.3, -0.25) is 4.79 Å². The van der Waals surface area contributed by atoms with Gasteiger partial charge >= 0.3 is 6.03 Å². The summed E-state index contributed by atoms with van der Waals surface area (Å²) in [6.45, 7) is 3.73. The van der Waals surface area contributed by atoms with Gasteiger partial charge < -0.3 is 20.3 Å². The Balaban J connectivity index is 1.61. The number of rotatable bonds is 9. The zero-order chi connectivity index (χ0) is 22.8. The fraction of sp³-hybridized carbons (Fsp3) is 0.462. The zero-order valence-electron chi connectivity index (χ0n) is 19.2. The molecular weight excluding hydrogens is 402 g/mol. The van der Waals surface area contributed by atoms with Gasteiger partial charge in [0.05, 0.1) is 19.1 Å². The maximum absolute atomic E-state index is 13.0. The number of benzene rings is 2. The van der Waals surface area contributed by atoms with Gasteiger partial charge in [0.1, 0.15) is 5.75 Å². The SMILES string of the molecule is CCCCNC(=O)N1CC(C(=O)NCCc2ccccc2OC)CCC1c1ccccc1. The highest BCUT2D eigenvalue weighted by molar-refractivity contribution is 5.81. The lowest BCUT2D eigenvalue weighted by molar-refractivity contribution is -0.126. The summed E-state index contributed by atoms with van der Waals surface area (Å²) < 4.78 is 5.39. The summed E-state index contributed by atoms with van der Waals surface area (Å²) >= 11 is 0. The highest BCUT2D eigenvalue weighted by Crippen LogP contribution is 2.33. The number of ether oxygens (including phenoxy) is 1. The number of amides is 3. The van der Waals surface area contributed by atoms with Gasteiger partial charge in [-0.25, -0.2) is 4.79 Å². The fourth-order valence-corrected chi connectivity index (χ4v) is 4.28. The lowest BCUT2D eigenvalue weighted by Gasteiger charge is -2.39. The summed E-state index contributed by atoms with van der Waals surface area (Å²) in [4.78, 5) is 27.7. The van der Waals surface area contributed by atoms with Gasteiger partial charge in [-0.05, 0) is 42.9 Å². The van der Waals surface area contributed by atoms with E-state index in [9.17, 15) is 9.59 Å². The number of piperidine rings is 1. The summed E-state index contributed by atoms with van der Waals surface area (Å²) in [6, 6.07) is 17.9. The number of methoxy groups -OCH3 is 1. The molecule has 2 atom stereocenters. The van der Waals surface area contributed by atoms with Crippen molar-refractivity contribution >= 4 is 11.9 Å². The second-order valence-corrected chi connectivity index (χ2v) is 8.29. The lowest BCUT2D eigenvalue weighted by Crippen LogP contribution is -2.50. The molecule has 3 rings (SSSR count). The molecule has 2 unspecified atom stereocenters. The number of unbranched alkanes of at least 4 members (excludes halogenated alkanes) is 1. The van der Waals surface area contributed by atoms with Crippen molar-refractivity contribution in [2.24, 2.45) is 5.92 Å². The Morgan fingerprint density at radius 1 is 1.00 bits per heavy atom. The Morgan fingerprint density at radius 3 is 2.50 bits per heavy atom. The van der Waals surface area contributed by atoms with E-state index < -0.39 is 0 Å². The van der Waals surface area contributed by atoms with E-state index >= 15 is 0 Å². The van der Waals surface area contributed by atoms with E-state index in [1.54, 1.807) is 7.11 Å². The number of para-hydroxylation sites is 1. The minimum absolute atomic E-state index is 0.00421. The van der Waals surface area contributed by atoms with Crippen LogP contribution in [-0.2, 0) is 11.2 Å². The highest BCUT2D eigenvalue weighted by atomic mass is 16.5. The minimum atomic E-state index is -0.204. The smallest absolute Gasteiger partial charge is 0.317 e. The molecule has 1 fully saturated rings. The first-order chi connectivity index (χ1) is 15.6. The molecule has 2 N–H and O–H groups in total. The second-order valence-electron chi connectivity index (χ2n) is 8.29. The van der Waals surface area contributed by atoms with E-state index in [4.69, 9.17) is 4.74 Å². The van der Waals surface area contributed by atoms with Gasteiger partial charge in [0, 0.05) is 19.6 Å². The Labute approximate surface area is 191 Å². The first-order valence-electron chi connectivity index (χ1n) is 11.6. The average molecular weight is 438 g/mol. The molecule has 1 aliphatic rings. The van der Waals surface area contributed by atoms with Gasteiger partial charge in [0.2, 0.25) is 5.91 Å². The minimum Gasteiger partial charge on any atom is -0.496 e. The standard InChI is InChI=1S/C26H35N3O3/c1-3-4-17-28-26(31)29-19-22(14-15-23(29)20-10-6-5-7-11-20)25(30)27-18-16-21-12-8-9-13-24(21)32-2/h5-13,22-23H,3-4,14-19H2,1-2H3,(H,27,30)(H,28,31). The van der Waals surface area contributed by atoms with Crippen LogP contribution < -0.4 is 15.4 Å². The van der Waals surface area contributed by atoms with Gasteiger partial charge in [-0.15, -0.1) is 0 Å². The molecule has 0 saturated carbocycles. The largest absolute Gasteiger partial charge is 0.496 e. The second kappa shape index (κ2) is 12.1. The van der Waals surface area contributed by atoms with Crippen LogP contribution in [0.3, 0.4) is 0 Å². The first kappa shape index (κ1) is 23.6. The highest BCUT2D eigenvalue weighted by Gasteiger charge is 2.35. The van der Waals surface area contributed by atoms with Crippen molar-refractivity contribution in [3.63, 3.8) is 0 Å². The topological polar surface area (TPSA) is 70.7 Å². The Bertz CT molecular complexity index is 872. The molecule has 1 aliphatic heterocycles. The summed E-state index contributed by atoms with van der Waals surface area (Å²) in [6.07, 6.45) is 4.22. The van der Waals surface area contributed by atoms with Crippen molar-refractivity contribution in [1.29, 1.82) is 0 Å². The van der Waals surface area contributed by atoms with Crippen LogP contribution in [0.25, 0.3) is 0 Å². The maximum Gasteiger partial charge on any atom is 0.317 e. The zero-order valence-corrected chi connectivity index (χ0v) is 19.2. The Hall–Kier alpha value is -3.02. The summed E-state index contributed by atoms with van der Waals surface area (Å²) in [7, 11) is 1.66. The number of hydrogen-bond acceptors (Lipinski definition) is 3. The van der Waals surface area contributed by atoms with Crippen LogP contribution in [0.15, 0.2) is 54.6 Å². The van der Waals surface area contributed by atoms with Gasteiger partial charge in [-0.1, -0.05) is 61.9 Å². The van der Waals surface area contributed by atoms with Crippen molar-refractivity contribution in [3.05, 3.63) is 65.7 Å². The molecule has 1 heterocycles. The number of carbonyl (C=O) groups excluding carboxylic acids is 2. The molecule has 3 amide bonds. The molecule has 0 bridgehead atoms. The third kappa shape index (κ3) is 6.25. The molecule has 0 aromatic heterocycles. The average Bonchev–Trinajstić information content (AvgIpc) is 2.84. The van der Waals surface area contributed by atoms with Crippen molar-refractivity contribution < 1.29 is 14.3 Å². The van der Waals surface area contributed by atoms with Crippen molar-refractivity contribution in [2.45, 2.75) is 45.1 Å². The van der Waals surface area contributed by atoms with Crippen molar-refractivity contribution in [3.8, 4) is 5.75 Å².